The second-order valence-corrected chi connectivity index (χ2v) is 5.29. The summed E-state index contributed by atoms with van der Waals surface area (Å²) in [7, 11) is 1.76. The van der Waals surface area contributed by atoms with Gasteiger partial charge in [-0.2, -0.15) is 0 Å². The van der Waals surface area contributed by atoms with Gasteiger partial charge in [-0.1, -0.05) is 0 Å². The Morgan fingerprint density at radius 3 is 3.11 bits per heavy atom. The van der Waals surface area contributed by atoms with E-state index in [0.29, 0.717) is 13.2 Å². The number of hydrogen-bond acceptors (Lipinski definition) is 5. The number of thiophene rings is 1. The van der Waals surface area contributed by atoms with E-state index in [-0.39, 0.29) is 24.5 Å². The molecule has 1 amide bonds. The summed E-state index contributed by atoms with van der Waals surface area (Å²) in [5.41, 5.74) is 1.18. The summed E-state index contributed by atoms with van der Waals surface area (Å²) in [6.07, 6.45) is 0.780. The predicted molar refractivity (Wildman–Crippen MR) is 73.0 cm³/mol. The lowest BCUT2D eigenvalue weighted by Gasteiger charge is -2.23. The first-order valence-corrected chi connectivity index (χ1v) is 7.23. The van der Waals surface area contributed by atoms with Crippen molar-refractivity contribution in [2.24, 2.45) is 0 Å². The Labute approximate surface area is 116 Å². The van der Waals surface area contributed by atoms with E-state index in [1.807, 2.05) is 11.4 Å². The van der Waals surface area contributed by atoms with Crippen molar-refractivity contribution >= 4 is 23.2 Å². The van der Waals surface area contributed by atoms with E-state index in [9.17, 15) is 9.59 Å². The van der Waals surface area contributed by atoms with Crippen molar-refractivity contribution in [1.82, 2.24) is 10.2 Å². The van der Waals surface area contributed by atoms with Gasteiger partial charge in [-0.15, -0.1) is 11.3 Å². The number of rotatable bonds is 4. The standard InChI is InChI=1S/C13H18N2O3S/c1-3-18-10(16)8-15-6-4-9-5-7-19-12(9)11(14-2)13(15)17/h5,7,11,14H,3-4,6,8H2,1-2H3. The SMILES string of the molecule is CCOC(=O)CN1CCc2ccsc2C(NC)C1=O. The summed E-state index contributed by atoms with van der Waals surface area (Å²) >= 11 is 1.58. The van der Waals surface area contributed by atoms with E-state index in [0.717, 1.165) is 11.3 Å². The second kappa shape index (κ2) is 6.16. The van der Waals surface area contributed by atoms with Gasteiger partial charge in [-0.05, 0) is 37.4 Å². The van der Waals surface area contributed by atoms with E-state index in [1.54, 1.807) is 30.2 Å². The van der Waals surface area contributed by atoms with E-state index in [1.165, 1.54) is 5.56 Å². The summed E-state index contributed by atoms with van der Waals surface area (Å²) < 4.78 is 4.91. The number of nitrogens with one attached hydrogen (secondary N) is 1. The molecule has 0 saturated carbocycles. The van der Waals surface area contributed by atoms with Gasteiger partial charge in [0.2, 0.25) is 5.91 Å². The van der Waals surface area contributed by atoms with Crippen molar-refractivity contribution in [3.05, 3.63) is 21.9 Å². The highest BCUT2D eigenvalue weighted by atomic mass is 32.1. The van der Waals surface area contributed by atoms with Crippen LogP contribution in [-0.4, -0.2) is 43.5 Å². The Bertz CT molecular complexity index is 472. The molecule has 0 aromatic carbocycles. The Morgan fingerprint density at radius 1 is 1.63 bits per heavy atom. The number of amides is 1. The minimum absolute atomic E-state index is 0.0276. The first kappa shape index (κ1) is 14.0. The zero-order valence-electron chi connectivity index (χ0n) is 11.1. The van der Waals surface area contributed by atoms with Crippen LogP contribution in [0.4, 0.5) is 0 Å². The quantitative estimate of drug-likeness (QED) is 0.836. The van der Waals surface area contributed by atoms with E-state index >= 15 is 0 Å². The molecule has 0 radical (unpaired) electrons. The van der Waals surface area contributed by atoms with Crippen LogP contribution in [0.5, 0.6) is 0 Å². The highest BCUT2D eigenvalue weighted by Gasteiger charge is 2.31. The molecule has 19 heavy (non-hydrogen) atoms. The molecule has 104 valence electrons. The van der Waals surface area contributed by atoms with Gasteiger partial charge in [-0.25, -0.2) is 0 Å². The number of fused-ring (bicyclic) bond motifs is 1. The number of ether oxygens (including phenoxy) is 1. The van der Waals surface area contributed by atoms with Gasteiger partial charge in [-0.3, -0.25) is 9.59 Å². The molecule has 0 fully saturated rings. The number of carbonyl (C=O) groups is 2. The molecule has 0 bridgehead atoms. The molecular weight excluding hydrogens is 264 g/mol. The third-order valence-electron chi connectivity index (χ3n) is 3.17. The maximum absolute atomic E-state index is 12.4. The fourth-order valence-electron chi connectivity index (χ4n) is 2.24. The van der Waals surface area contributed by atoms with Gasteiger partial charge >= 0.3 is 5.97 Å². The van der Waals surface area contributed by atoms with Crippen LogP contribution in [-0.2, 0) is 20.7 Å². The first-order chi connectivity index (χ1) is 9.17. The summed E-state index contributed by atoms with van der Waals surface area (Å²) in [4.78, 5) is 26.6. The summed E-state index contributed by atoms with van der Waals surface area (Å²) in [6.45, 7) is 2.68. The van der Waals surface area contributed by atoms with Gasteiger partial charge in [0.1, 0.15) is 12.6 Å². The Balaban J connectivity index is 2.15. The minimum Gasteiger partial charge on any atom is -0.465 e. The van der Waals surface area contributed by atoms with Crippen LogP contribution in [0.3, 0.4) is 0 Å². The molecule has 1 N–H and O–H groups in total. The number of hydrogen-bond donors (Lipinski definition) is 1. The lowest BCUT2D eigenvalue weighted by atomic mass is 10.1. The number of nitrogens with zero attached hydrogens (tertiary/aromatic N) is 1. The van der Waals surface area contributed by atoms with Gasteiger partial charge < -0.3 is 15.0 Å². The van der Waals surface area contributed by atoms with Crippen LogP contribution in [0, 0.1) is 0 Å². The maximum atomic E-state index is 12.4. The smallest absolute Gasteiger partial charge is 0.325 e. The molecular formula is C13H18N2O3S. The summed E-state index contributed by atoms with van der Waals surface area (Å²) in [6, 6.07) is 1.69. The van der Waals surface area contributed by atoms with Crippen LogP contribution in [0.2, 0.25) is 0 Å². The number of esters is 1. The van der Waals surface area contributed by atoms with Crippen molar-refractivity contribution in [3.63, 3.8) is 0 Å². The van der Waals surface area contributed by atoms with E-state index in [2.05, 4.69) is 5.32 Å². The minimum atomic E-state index is -0.355. The molecule has 1 aromatic rings. The lowest BCUT2D eigenvalue weighted by Crippen LogP contribution is -2.42. The molecule has 1 aliphatic heterocycles. The van der Waals surface area contributed by atoms with Crippen LogP contribution in [0.25, 0.3) is 0 Å². The predicted octanol–water partition coefficient (Wildman–Crippen LogP) is 0.956. The van der Waals surface area contributed by atoms with Crippen molar-refractivity contribution in [2.75, 3.05) is 26.7 Å². The van der Waals surface area contributed by atoms with Crippen LogP contribution in [0.1, 0.15) is 23.4 Å². The van der Waals surface area contributed by atoms with Crippen molar-refractivity contribution in [1.29, 1.82) is 0 Å². The average molecular weight is 282 g/mol. The van der Waals surface area contributed by atoms with Gasteiger partial charge in [0.05, 0.1) is 6.61 Å². The lowest BCUT2D eigenvalue weighted by molar-refractivity contribution is -0.149. The monoisotopic (exact) mass is 282 g/mol. The molecule has 1 aliphatic rings. The number of likely N-dealkylation sites (N-methyl/N-ethyl adjacent to an activating group) is 1. The molecule has 6 heteroatoms. The van der Waals surface area contributed by atoms with Crippen molar-refractivity contribution < 1.29 is 14.3 Å². The molecule has 0 saturated heterocycles. The molecule has 5 nitrogen and oxygen atoms in total. The Hall–Kier alpha value is -1.40. The fourth-order valence-corrected chi connectivity index (χ4v) is 3.30. The molecule has 1 aromatic heterocycles. The van der Waals surface area contributed by atoms with Crippen LogP contribution in [0.15, 0.2) is 11.4 Å². The van der Waals surface area contributed by atoms with Crippen LogP contribution < -0.4 is 5.32 Å². The second-order valence-electron chi connectivity index (χ2n) is 4.35. The fraction of sp³-hybridized carbons (Fsp3) is 0.538. The average Bonchev–Trinajstić information content (AvgIpc) is 2.79. The summed E-state index contributed by atoms with van der Waals surface area (Å²) in [5.74, 6) is -0.410. The zero-order chi connectivity index (χ0) is 13.8. The number of carbonyl (C=O) groups excluding carboxylic acids is 2. The van der Waals surface area contributed by atoms with Crippen LogP contribution >= 0.6 is 11.3 Å². The molecule has 2 heterocycles. The van der Waals surface area contributed by atoms with Gasteiger partial charge in [0.15, 0.2) is 0 Å². The highest BCUT2D eigenvalue weighted by Crippen LogP contribution is 2.29. The van der Waals surface area contributed by atoms with Gasteiger partial charge in [0, 0.05) is 11.4 Å². The Morgan fingerprint density at radius 2 is 2.42 bits per heavy atom. The third-order valence-corrected chi connectivity index (χ3v) is 4.19. The molecule has 0 spiro atoms. The Kier molecular flexibility index (Phi) is 4.55. The first-order valence-electron chi connectivity index (χ1n) is 6.35. The zero-order valence-corrected chi connectivity index (χ0v) is 12.0. The van der Waals surface area contributed by atoms with Crippen molar-refractivity contribution in [3.8, 4) is 0 Å². The molecule has 0 aliphatic carbocycles. The van der Waals surface area contributed by atoms with E-state index < -0.39 is 0 Å². The van der Waals surface area contributed by atoms with Crippen molar-refractivity contribution in [2.45, 2.75) is 19.4 Å². The summed E-state index contributed by atoms with van der Waals surface area (Å²) in [5, 5.41) is 5.04. The maximum Gasteiger partial charge on any atom is 0.325 e. The van der Waals surface area contributed by atoms with Gasteiger partial charge in [0.25, 0.3) is 0 Å². The largest absolute Gasteiger partial charge is 0.465 e. The van der Waals surface area contributed by atoms with E-state index in [4.69, 9.17) is 4.74 Å². The molecule has 2 rings (SSSR count). The topological polar surface area (TPSA) is 58.6 Å². The third kappa shape index (κ3) is 2.96. The molecule has 1 unspecified atom stereocenters. The highest BCUT2D eigenvalue weighted by molar-refractivity contribution is 7.10. The molecule has 1 atom stereocenters. The normalized spacial score (nSPS) is 18.9.